The summed E-state index contributed by atoms with van der Waals surface area (Å²) in [4.78, 5) is 30.2. The minimum absolute atomic E-state index is 0.0660. The van der Waals surface area contributed by atoms with Gasteiger partial charge in [-0.05, 0) is 74.4 Å². The Morgan fingerprint density at radius 3 is 2.77 bits per heavy atom. The number of esters is 1. The Balaban J connectivity index is 1.43. The van der Waals surface area contributed by atoms with E-state index in [2.05, 4.69) is 23.3 Å². The first kappa shape index (κ1) is 26.5. The lowest BCUT2D eigenvalue weighted by atomic mass is 9.48. The first-order chi connectivity index (χ1) is 19.1. The maximum atomic E-state index is 13.5. The second-order valence-corrected chi connectivity index (χ2v) is 11.8. The molecule has 1 amide bonds. The summed E-state index contributed by atoms with van der Waals surface area (Å²) in [5, 5.41) is 10.9. The van der Waals surface area contributed by atoms with Crippen molar-refractivity contribution in [2.24, 2.45) is 0 Å². The average Bonchev–Trinajstić information content (AvgIpc) is 3.27. The smallest absolute Gasteiger partial charge is 0.303 e. The summed E-state index contributed by atoms with van der Waals surface area (Å²) in [7, 11) is 1.78. The van der Waals surface area contributed by atoms with E-state index in [9.17, 15) is 14.7 Å². The van der Waals surface area contributed by atoms with Crippen LogP contribution < -0.4 is 4.74 Å². The molecule has 6 rings (SSSR count). The molecule has 7 heteroatoms. The van der Waals surface area contributed by atoms with Gasteiger partial charge in [0.05, 0.1) is 17.5 Å². The predicted molar refractivity (Wildman–Crippen MR) is 151 cm³/mol. The van der Waals surface area contributed by atoms with Crippen molar-refractivity contribution < 1.29 is 24.2 Å². The number of aryl methyl sites for hydroxylation is 2. The average molecular weight is 541 g/mol. The molecule has 1 spiro atoms. The number of aromatic hydroxyl groups is 1. The van der Waals surface area contributed by atoms with Crippen LogP contribution in [0, 0.1) is 25.7 Å². The topological polar surface area (TPSA) is 79.3 Å². The number of phenols is 1. The van der Waals surface area contributed by atoms with Gasteiger partial charge in [0.25, 0.3) is 5.91 Å². The lowest BCUT2D eigenvalue weighted by Crippen LogP contribution is -2.79. The minimum Gasteiger partial charge on any atom is -0.504 e. The number of ether oxygens (including phenoxy) is 2. The van der Waals surface area contributed by atoms with Gasteiger partial charge in [-0.3, -0.25) is 14.5 Å². The Morgan fingerprint density at radius 1 is 1.25 bits per heavy atom. The van der Waals surface area contributed by atoms with Crippen molar-refractivity contribution in [3.05, 3.63) is 70.8 Å². The second kappa shape index (κ2) is 9.42. The Bertz CT molecular complexity index is 1490. The fourth-order valence-electron chi connectivity index (χ4n) is 8.00. The van der Waals surface area contributed by atoms with E-state index in [1.54, 1.807) is 18.0 Å². The number of phenolic OH excluding ortho intramolecular Hbond substituents is 1. The maximum Gasteiger partial charge on any atom is 0.303 e. The lowest BCUT2D eigenvalue weighted by Gasteiger charge is -2.65. The fraction of sp³-hybridized carbons (Fsp3) is 0.455. The number of piperidine rings is 1. The molecule has 2 aromatic carbocycles. The molecule has 2 aliphatic heterocycles. The van der Waals surface area contributed by atoms with Crippen molar-refractivity contribution >= 4 is 11.9 Å². The van der Waals surface area contributed by atoms with Crippen molar-refractivity contribution in [2.45, 2.75) is 75.7 Å². The van der Waals surface area contributed by atoms with Gasteiger partial charge in [0.15, 0.2) is 11.5 Å². The third kappa shape index (κ3) is 3.62. The van der Waals surface area contributed by atoms with Crippen molar-refractivity contribution in [3.63, 3.8) is 0 Å². The molecule has 1 saturated carbocycles. The van der Waals surface area contributed by atoms with Crippen LogP contribution in [0.25, 0.3) is 0 Å². The highest BCUT2D eigenvalue weighted by Crippen LogP contribution is 2.67. The first-order valence-corrected chi connectivity index (χ1v) is 14.1. The van der Waals surface area contributed by atoms with Crippen LogP contribution in [0.3, 0.4) is 0 Å². The number of carbonyl (C=O) groups is 2. The summed E-state index contributed by atoms with van der Waals surface area (Å²) < 4.78 is 13.1. The molecular formula is C33H36N2O5. The van der Waals surface area contributed by atoms with Gasteiger partial charge in [-0.2, -0.15) is 0 Å². The molecule has 208 valence electrons. The minimum atomic E-state index is -0.845. The summed E-state index contributed by atoms with van der Waals surface area (Å²) in [6, 6.07) is 9.20. The number of likely N-dealkylation sites (N-methyl/N-ethyl adjacent to an activating group) is 1. The van der Waals surface area contributed by atoms with Crippen molar-refractivity contribution in [1.82, 2.24) is 9.80 Å². The van der Waals surface area contributed by atoms with Gasteiger partial charge in [-0.15, -0.1) is 6.58 Å². The van der Waals surface area contributed by atoms with Gasteiger partial charge >= 0.3 is 5.97 Å². The van der Waals surface area contributed by atoms with Gasteiger partial charge in [0, 0.05) is 44.1 Å². The molecule has 2 bridgehead atoms. The molecule has 0 radical (unpaired) electrons. The van der Waals surface area contributed by atoms with Crippen LogP contribution in [0.1, 0.15) is 54.0 Å². The Labute approximate surface area is 235 Å². The monoisotopic (exact) mass is 540 g/mol. The molecule has 40 heavy (non-hydrogen) atoms. The summed E-state index contributed by atoms with van der Waals surface area (Å²) in [6.45, 7) is 11.0. The molecule has 0 unspecified atom stereocenters. The van der Waals surface area contributed by atoms with E-state index in [1.807, 2.05) is 44.2 Å². The van der Waals surface area contributed by atoms with Crippen LogP contribution in [0.4, 0.5) is 0 Å². The molecule has 4 aliphatic rings. The van der Waals surface area contributed by atoms with Crippen molar-refractivity contribution in [1.29, 1.82) is 0 Å². The summed E-state index contributed by atoms with van der Waals surface area (Å²) in [5.41, 5.74) is 3.61. The molecule has 5 atom stereocenters. The van der Waals surface area contributed by atoms with Crippen molar-refractivity contribution in [2.75, 3.05) is 20.1 Å². The number of amides is 1. The molecule has 2 fully saturated rings. The van der Waals surface area contributed by atoms with Crippen LogP contribution >= 0.6 is 0 Å². The number of nitrogens with zero attached hydrogens (tertiary/aromatic N) is 2. The first-order valence-electron chi connectivity index (χ1n) is 14.1. The lowest BCUT2D eigenvalue weighted by molar-refractivity contribution is -0.222. The highest BCUT2D eigenvalue weighted by atomic mass is 16.6. The summed E-state index contributed by atoms with van der Waals surface area (Å²) in [5.74, 6) is 5.79. The molecule has 2 aromatic rings. The molecule has 1 saturated heterocycles. The number of likely N-dealkylation sites (tertiary alicyclic amines) is 1. The van der Waals surface area contributed by atoms with Gasteiger partial charge in [-0.1, -0.05) is 24.1 Å². The zero-order chi connectivity index (χ0) is 28.4. The van der Waals surface area contributed by atoms with E-state index in [0.717, 1.165) is 28.8 Å². The molecule has 7 nitrogen and oxygen atoms in total. The highest BCUT2D eigenvalue weighted by Gasteiger charge is 2.75. The van der Waals surface area contributed by atoms with Crippen molar-refractivity contribution in [3.8, 4) is 23.3 Å². The molecule has 1 N–H and O–H groups in total. The normalized spacial score (nSPS) is 29.4. The van der Waals surface area contributed by atoms with E-state index in [4.69, 9.17) is 9.47 Å². The zero-order valence-corrected chi connectivity index (χ0v) is 23.6. The third-order valence-electron chi connectivity index (χ3n) is 9.83. The number of carbonyl (C=O) groups excluding carboxylic acids is 2. The fourth-order valence-corrected chi connectivity index (χ4v) is 8.00. The Kier molecular flexibility index (Phi) is 6.23. The number of hydrogen-bond acceptors (Lipinski definition) is 6. The quantitative estimate of drug-likeness (QED) is 0.361. The molecule has 0 aromatic heterocycles. The van der Waals surface area contributed by atoms with Gasteiger partial charge in [-0.25, -0.2) is 0 Å². The predicted octanol–water partition coefficient (Wildman–Crippen LogP) is 3.80. The Hall–Kier alpha value is -3.76. The summed E-state index contributed by atoms with van der Waals surface area (Å²) in [6.07, 6.45) is 3.91. The molecule has 2 aliphatic carbocycles. The highest BCUT2D eigenvalue weighted by molar-refractivity contribution is 5.94. The largest absolute Gasteiger partial charge is 0.504 e. The SMILES string of the molecule is C=CCN1CC[C@]23c4c5ccc(O)c4O[C@H]2[C@H](N(C)C(=O)C#Cc2ccc(C)c(C)c2)CC[C@@]3(OC(C)=O)[C@H]1C5. The van der Waals surface area contributed by atoms with Crippen LogP contribution in [0.2, 0.25) is 0 Å². The second-order valence-electron chi connectivity index (χ2n) is 11.8. The van der Waals surface area contributed by atoms with Gasteiger partial charge in [0.1, 0.15) is 11.7 Å². The Morgan fingerprint density at radius 2 is 2.05 bits per heavy atom. The van der Waals surface area contributed by atoms with Crippen LogP contribution in [-0.4, -0.2) is 70.7 Å². The van der Waals surface area contributed by atoms with E-state index < -0.39 is 17.1 Å². The van der Waals surface area contributed by atoms with E-state index in [1.165, 1.54) is 12.5 Å². The molecule has 2 heterocycles. The van der Waals surface area contributed by atoms with Crippen LogP contribution in [0.5, 0.6) is 11.5 Å². The van der Waals surface area contributed by atoms with E-state index >= 15 is 0 Å². The zero-order valence-electron chi connectivity index (χ0n) is 23.6. The third-order valence-corrected chi connectivity index (χ3v) is 9.83. The number of rotatable bonds is 4. The number of hydrogen-bond donors (Lipinski definition) is 1. The van der Waals surface area contributed by atoms with Gasteiger partial charge in [0.2, 0.25) is 0 Å². The number of benzene rings is 2. The standard InChI is InChI=1S/C33H36N2O5/c1-6-16-35-17-15-32-29-24-10-11-26(37)30(29)39-31(32)25(13-14-33(32,27(35)19-24)40-22(4)36)34(5)28(38)12-9-23-8-7-20(2)21(3)18-23/h6-8,10-11,18,25,27,31,37H,1,13-17,19H2,2-5H3/t25-,27-,31+,32+,33-/m1/s1. The maximum absolute atomic E-state index is 13.5. The molecular weight excluding hydrogens is 504 g/mol. The van der Waals surface area contributed by atoms with Crippen LogP contribution in [0.15, 0.2) is 43.0 Å². The van der Waals surface area contributed by atoms with Crippen LogP contribution in [-0.2, 0) is 26.2 Å². The summed E-state index contributed by atoms with van der Waals surface area (Å²) >= 11 is 0. The van der Waals surface area contributed by atoms with Gasteiger partial charge < -0.3 is 19.5 Å². The van der Waals surface area contributed by atoms with E-state index in [0.29, 0.717) is 38.0 Å². The van der Waals surface area contributed by atoms with E-state index in [-0.39, 0.29) is 29.7 Å².